The second kappa shape index (κ2) is 9.73. The molecule has 0 aliphatic carbocycles. The number of hydrogen-bond acceptors (Lipinski definition) is 5. The number of carbonyl (C=O) groups excluding carboxylic acids is 1. The third-order valence-electron chi connectivity index (χ3n) is 5.90. The van der Waals surface area contributed by atoms with Crippen molar-refractivity contribution in [1.82, 2.24) is 25.3 Å². The molecule has 0 saturated carbocycles. The van der Waals surface area contributed by atoms with Crippen LogP contribution in [0.4, 0.5) is 5.82 Å². The second-order valence-electron chi connectivity index (χ2n) is 8.30. The van der Waals surface area contributed by atoms with Gasteiger partial charge in [-0.05, 0) is 62.8 Å². The summed E-state index contributed by atoms with van der Waals surface area (Å²) in [7, 11) is 0. The van der Waals surface area contributed by atoms with Crippen LogP contribution in [0.5, 0.6) is 0 Å². The summed E-state index contributed by atoms with van der Waals surface area (Å²) in [6.45, 7) is 7.05. The number of aryl methyl sites for hydroxylation is 2. The number of rotatable bonds is 7. The molecule has 1 aromatic carbocycles. The fourth-order valence-electron chi connectivity index (χ4n) is 4.20. The van der Waals surface area contributed by atoms with Gasteiger partial charge in [0.2, 0.25) is 0 Å². The van der Waals surface area contributed by atoms with Crippen molar-refractivity contribution < 1.29 is 4.79 Å². The van der Waals surface area contributed by atoms with E-state index in [1.165, 1.54) is 5.56 Å². The van der Waals surface area contributed by atoms with Gasteiger partial charge in [-0.15, -0.1) is 10.2 Å². The molecule has 0 radical (unpaired) electrons. The van der Waals surface area contributed by atoms with Gasteiger partial charge in [-0.1, -0.05) is 30.3 Å². The lowest BCUT2D eigenvalue weighted by molar-refractivity contribution is 0.0946. The molecule has 162 valence electrons. The van der Waals surface area contributed by atoms with Crippen LogP contribution in [0.25, 0.3) is 0 Å². The summed E-state index contributed by atoms with van der Waals surface area (Å²) >= 11 is 0. The topological polar surface area (TPSA) is 75.9 Å². The number of nitrogens with zero attached hydrogens (tertiary/aromatic N) is 5. The first-order valence-electron chi connectivity index (χ1n) is 11.0. The van der Waals surface area contributed by atoms with Crippen LogP contribution in [-0.2, 0) is 13.0 Å². The normalized spacial score (nSPS) is 14.6. The number of piperidine rings is 1. The van der Waals surface area contributed by atoms with Gasteiger partial charge in [-0.2, -0.15) is 5.10 Å². The zero-order valence-electron chi connectivity index (χ0n) is 18.3. The quantitative estimate of drug-likeness (QED) is 0.638. The van der Waals surface area contributed by atoms with E-state index in [9.17, 15) is 4.79 Å². The molecule has 1 amide bonds. The van der Waals surface area contributed by atoms with Crippen LogP contribution in [0.15, 0.2) is 48.5 Å². The zero-order chi connectivity index (χ0) is 21.6. The number of aromatic nitrogens is 4. The van der Waals surface area contributed by atoms with Crippen molar-refractivity contribution in [2.24, 2.45) is 5.92 Å². The number of nitrogens with one attached hydrogen (secondary N) is 1. The van der Waals surface area contributed by atoms with Crippen LogP contribution >= 0.6 is 0 Å². The summed E-state index contributed by atoms with van der Waals surface area (Å²) in [6.07, 6.45) is 3.42. The van der Waals surface area contributed by atoms with Crippen LogP contribution in [0, 0.1) is 19.8 Å². The van der Waals surface area contributed by atoms with Gasteiger partial charge in [0.25, 0.3) is 5.91 Å². The standard InChI is InChI=1S/C24H30N6O/c1-18-16-19(2)30(28-18)15-12-25-24(31)22-8-9-23(27-26-22)29-13-10-21(11-14-29)17-20-6-4-3-5-7-20/h3-9,16,21H,10-15,17H2,1-2H3,(H,25,31). The van der Waals surface area contributed by atoms with Crippen molar-refractivity contribution in [2.45, 2.75) is 39.7 Å². The monoisotopic (exact) mass is 418 g/mol. The molecule has 1 N–H and O–H groups in total. The van der Waals surface area contributed by atoms with Gasteiger partial charge in [-0.25, -0.2) is 0 Å². The van der Waals surface area contributed by atoms with E-state index in [4.69, 9.17) is 0 Å². The maximum atomic E-state index is 12.4. The highest BCUT2D eigenvalue weighted by Crippen LogP contribution is 2.24. The first-order valence-corrected chi connectivity index (χ1v) is 11.0. The van der Waals surface area contributed by atoms with Gasteiger partial charge in [-0.3, -0.25) is 9.48 Å². The Balaban J connectivity index is 1.24. The molecule has 2 aromatic heterocycles. The average Bonchev–Trinajstić information content (AvgIpc) is 3.12. The van der Waals surface area contributed by atoms with Gasteiger partial charge < -0.3 is 10.2 Å². The van der Waals surface area contributed by atoms with E-state index in [2.05, 4.69) is 55.8 Å². The Morgan fingerprint density at radius 1 is 1.06 bits per heavy atom. The van der Waals surface area contributed by atoms with E-state index >= 15 is 0 Å². The SMILES string of the molecule is Cc1cc(C)n(CCNC(=O)c2ccc(N3CCC(Cc4ccccc4)CC3)nn2)n1. The van der Waals surface area contributed by atoms with E-state index in [1.54, 1.807) is 6.07 Å². The Morgan fingerprint density at radius 3 is 2.48 bits per heavy atom. The van der Waals surface area contributed by atoms with Gasteiger partial charge >= 0.3 is 0 Å². The molecule has 3 aromatic rings. The van der Waals surface area contributed by atoms with Crippen molar-refractivity contribution in [3.8, 4) is 0 Å². The Kier molecular flexibility index (Phi) is 6.60. The van der Waals surface area contributed by atoms with E-state index in [1.807, 2.05) is 30.7 Å². The maximum absolute atomic E-state index is 12.4. The maximum Gasteiger partial charge on any atom is 0.271 e. The highest BCUT2D eigenvalue weighted by Gasteiger charge is 2.21. The van der Waals surface area contributed by atoms with E-state index < -0.39 is 0 Å². The Labute approximate surface area is 183 Å². The minimum Gasteiger partial charge on any atom is -0.355 e. The Hall–Kier alpha value is -3.22. The van der Waals surface area contributed by atoms with Crippen molar-refractivity contribution >= 4 is 11.7 Å². The molecule has 1 aliphatic rings. The molecule has 7 heteroatoms. The molecule has 3 heterocycles. The molecule has 0 unspecified atom stereocenters. The first kappa shape index (κ1) is 21.0. The molecule has 0 spiro atoms. The van der Waals surface area contributed by atoms with Crippen LogP contribution in [0.1, 0.15) is 40.3 Å². The van der Waals surface area contributed by atoms with E-state index in [0.29, 0.717) is 24.7 Å². The third-order valence-corrected chi connectivity index (χ3v) is 5.90. The highest BCUT2D eigenvalue weighted by atomic mass is 16.1. The molecule has 31 heavy (non-hydrogen) atoms. The van der Waals surface area contributed by atoms with Crippen molar-refractivity contribution in [3.63, 3.8) is 0 Å². The number of hydrogen-bond donors (Lipinski definition) is 1. The summed E-state index contributed by atoms with van der Waals surface area (Å²) in [5, 5.41) is 15.8. The van der Waals surface area contributed by atoms with Gasteiger partial charge in [0, 0.05) is 25.3 Å². The number of anilines is 1. The highest BCUT2D eigenvalue weighted by molar-refractivity contribution is 5.92. The average molecular weight is 419 g/mol. The van der Waals surface area contributed by atoms with Crippen LogP contribution in [0.2, 0.25) is 0 Å². The lowest BCUT2D eigenvalue weighted by Gasteiger charge is -2.32. The lowest BCUT2D eigenvalue weighted by atomic mass is 9.90. The fraction of sp³-hybridized carbons (Fsp3) is 0.417. The second-order valence-corrected chi connectivity index (χ2v) is 8.30. The largest absolute Gasteiger partial charge is 0.355 e. The van der Waals surface area contributed by atoms with E-state index in [0.717, 1.165) is 49.6 Å². The summed E-state index contributed by atoms with van der Waals surface area (Å²) in [5.41, 5.74) is 3.82. The lowest BCUT2D eigenvalue weighted by Crippen LogP contribution is -2.35. The molecule has 0 atom stereocenters. The molecule has 1 aliphatic heterocycles. The van der Waals surface area contributed by atoms with Gasteiger partial charge in [0.1, 0.15) is 0 Å². The smallest absolute Gasteiger partial charge is 0.271 e. The van der Waals surface area contributed by atoms with Gasteiger partial charge in [0.05, 0.1) is 12.2 Å². The third kappa shape index (κ3) is 5.48. The molecule has 0 bridgehead atoms. The summed E-state index contributed by atoms with van der Waals surface area (Å²) in [6, 6.07) is 16.4. The van der Waals surface area contributed by atoms with Crippen LogP contribution < -0.4 is 10.2 Å². The van der Waals surface area contributed by atoms with Gasteiger partial charge in [0.15, 0.2) is 11.5 Å². The van der Waals surface area contributed by atoms with Crippen molar-refractivity contribution in [3.05, 3.63) is 71.2 Å². The molecule has 7 nitrogen and oxygen atoms in total. The number of benzene rings is 1. The molecule has 1 saturated heterocycles. The van der Waals surface area contributed by atoms with Crippen LogP contribution in [0.3, 0.4) is 0 Å². The molecular weight excluding hydrogens is 388 g/mol. The van der Waals surface area contributed by atoms with Crippen molar-refractivity contribution in [2.75, 3.05) is 24.5 Å². The fourth-order valence-corrected chi connectivity index (χ4v) is 4.20. The van der Waals surface area contributed by atoms with E-state index in [-0.39, 0.29) is 5.91 Å². The summed E-state index contributed by atoms with van der Waals surface area (Å²) in [4.78, 5) is 14.6. The zero-order valence-corrected chi connectivity index (χ0v) is 18.3. The summed E-state index contributed by atoms with van der Waals surface area (Å²) < 4.78 is 1.89. The molecule has 1 fully saturated rings. The Morgan fingerprint density at radius 2 is 1.84 bits per heavy atom. The predicted octanol–water partition coefficient (Wildman–Crippen LogP) is 3.18. The number of carbonyl (C=O) groups is 1. The Bertz CT molecular complexity index is 991. The molecule has 4 rings (SSSR count). The number of amides is 1. The summed E-state index contributed by atoms with van der Waals surface area (Å²) in [5.74, 6) is 1.35. The van der Waals surface area contributed by atoms with Crippen molar-refractivity contribution in [1.29, 1.82) is 0 Å². The predicted molar refractivity (Wildman–Crippen MR) is 121 cm³/mol. The first-order chi connectivity index (χ1) is 15.1. The molecular formula is C24H30N6O. The minimum atomic E-state index is -0.206. The van der Waals surface area contributed by atoms with Crippen LogP contribution in [-0.4, -0.2) is 45.5 Å². The minimum absolute atomic E-state index is 0.206.